The van der Waals surface area contributed by atoms with Gasteiger partial charge in [-0.3, -0.25) is 4.79 Å². The van der Waals surface area contributed by atoms with E-state index < -0.39 is 0 Å². The molecule has 0 saturated heterocycles. The normalized spacial score (nSPS) is 22.9. The van der Waals surface area contributed by atoms with Crippen molar-refractivity contribution in [2.45, 2.75) is 67.4 Å². The Labute approximate surface area is 172 Å². The summed E-state index contributed by atoms with van der Waals surface area (Å²) in [4.78, 5) is 12.5. The molecule has 1 aliphatic rings. The van der Waals surface area contributed by atoms with Crippen molar-refractivity contribution in [3.8, 4) is 0 Å². The molecule has 0 aromatic carbocycles. The highest BCUT2D eigenvalue weighted by atomic mass is 16.5. The third-order valence-corrected chi connectivity index (χ3v) is 5.58. The zero-order chi connectivity index (χ0) is 21.3. The van der Waals surface area contributed by atoms with E-state index in [4.69, 9.17) is 4.74 Å². The van der Waals surface area contributed by atoms with Gasteiger partial charge in [-0.05, 0) is 57.1 Å². The standard InChI is InChI=1S/C26H38O2/c1-9-10-11-12-14-19(2)15-13-16-20(3)24(28-8)17-23-22(5)25(27)21(4)18-26(23,6)7/h9-16,21,24H,17-18H2,1-8H3/b10-9-,12-11+,15-13+,19-14+,20-16+. The van der Waals surface area contributed by atoms with Crippen LogP contribution in [0.4, 0.5) is 0 Å². The number of allylic oxidation sites excluding steroid dienone is 10. The maximum atomic E-state index is 12.5. The van der Waals surface area contributed by atoms with Gasteiger partial charge in [-0.25, -0.2) is 0 Å². The molecule has 0 aromatic rings. The molecule has 0 aromatic heterocycles. The molecule has 0 heterocycles. The van der Waals surface area contributed by atoms with Crippen LogP contribution in [0.2, 0.25) is 0 Å². The Bertz CT molecular complexity index is 724. The van der Waals surface area contributed by atoms with Crippen molar-refractivity contribution in [3.05, 3.63) is 70.9 Å². The van der Waals surface area contributed by atoms with Gasteiger partial charge in [0, 0.05) is 13.0 Å². The van der Waals surface area contributed by atoms with Gasteiger partial charge in [0.05, 0.1) is 6.10 Å². The van der Waals surface area contributed by atoms with Crippen molar-refractivity contribution < 1.29 is 9.53 Å². The number of carbonyl (C=O) groups is 1. The van der Waals surface area contributed by atoms with Gasteiger partial charge < -0.3 is 4.74 Å². The van der Waals surface area contributed by atoms with Crippen molar-refractivity contribution in [2.75, 3.05) is 7.11 Å². The first-order valence-electron chi connectivity index (χ1n) is 10.2. The minimum absolute atomic E-state index is 0.0195. The quantitative estimate of drug-likeness (QED) is 0.426. The summed E-state index contributed by atoms with van der Waals surface area (Å²) in [5.41, 5.74) is 4.55. The van der Waals surface area contributed by atoms with Crippen LogP contribution in [0.5, 0.6) is 0 Å². The summed E-state index contributed by atoms with van der Waals surface area (Å²) in [5, 5.41) is 0. The fourth-order valence-electron chi connectivity index (χ4n) is 3.95. The summed E-state index contributed by atoms with van der Waals surface area (Å²) in [7, 11) is 1.75. The Morgan fingerprint density at radius 1 is 1.18 bits per heavy atom. The lowest BCUT2D eigenvalue weighted by atomic mass is 9.66. The molecule has 2 heteroatoms. The van der Waals surface area contributed by atoms with Gasteiger partial charge in [0.2, 0.25) is 0 Å². The molecule has 0 bridgehead atoms. The summed E-state index contributed by atoms with van der Waals surface area (Å²) in [6.07, 6.45) is 18.1. The summed E-state index contributed by atoms with van der Waals surface area (Å²) in [6, 6.07) is 0. The van der Waals surface area contributed by atoms with Crippen LogP contribution in [0.25, 0.3) is 0 Å². The van der Waals surface area contributed by atoms with Crippen molar-refractivity contribution in [2.24, 2.45) is 11.3 Å². The molecule has 1 rings (SSSR count). The summed E-state index contributed by atoms with van der Waals surface area (Å²) >= 11 is 0. The summed E-state index contributed by atoms with van der Waals surface area (Å²) < 4.78 is 5.79. The maximum Gasteiger partial charge on any atom is 0.161 e. The molecule has 2 atom stereocenters. The largest absolute Gasteiger partial charge is 0.377 e. The second-order valence-corrected chi connectivity index (χ2v) is 8.48. The Morgan fingerprint density at radius 2 is 1.86 bits per heavy atom. The lowest BCUT2D eigenvalue weighted by molar-refractivity contribution is -0.120. The van der Waals surface area contributed by atoms with Crippen LogP contribution in [0.1, 0.15) is 61.3 Å². The van der Waals surface area contributed by atoms with Gasteiger partial charge >= 0.3 is 0 Å². The number of rotatable bonds is 8. The summed E-state index contributed by atoms with van der Waals surface area (Å²) in [5.74, 6) is 0.397. The van der Waals surface area contributed by atoms with Crippen LogP contribution in [0.3, 0.4) is 0 Å². The minimum atomic E-state index is -0.0195. The average Bonchev–Trinajstić information content (AvgIpc) is 2.63. The number of hydrogen-bond acceptors (Lipinski definition) is 2. The Kier molecular flexibility index (Phi) is 9.61. The van der Waals surface area contributed by atoms with E-state index in [1.54, 1.807) is 7.11 Å². The van der Waals surface area contributed by atoms with E-state index in [0.29, 0.717) is 0 Å². The third-order valence-electron chi connectivity index (χ3n) is 5.58. The van der Waals surface area contributed by atoms with Gasteiger partial charge in [-0.2, -0.15) is 0 Å². The Balaban J connectivity index is 2.94. The fraction of sp³-hybridized carbons (Fsp3) is 0.500. The molecule has 0 fully saturated rings. The molecule has 0 radical (unpaired) electrons. The smallest absolute Gasteiger partial charge is 0.161 e. The van der Waals surface area contributed by atoms with Crippen LogP contribution < -0.4 is 0 Å². The van der Waals surface area contributed by atoms with E-state index >= 15 is 0 Å². The second-order valence-electron chi connectivity index (χ2n) is 8.48. The lowest BCUT2D eigenvalue weighted by Gasteiger charge is -2.38. The van der Waals surface area contributed by atoms with Gasteiger partial charge in [0.25, 0.3) is 0 Å². The maximum absolute atomic E-state index is 12.5. The Hall–Kier alpha value is -1.93. The molecular weight excluding hydrogens is 344 g/mol. The van der Waals surface area contributed by atoms with Crippen LogP contribution in [-0.2, 0) is 9.53 Å². The fourth-order valence-corrected chi connectivity index (χ4v) is 3.95. The van der Waals surface area contributed by atoms with Gasteiger partial charge in [0.15, 0.2) is 5.78 Å². The second kappa shape index (κ2) is 11.2. The van der Waals surface area contributed by atoms with Crippen LogP contribution >= 0.6 is 0 Å². The van der Waals surface area contributed by atoms with E-state index in [9.17, 15) is 4.79 Å². The molecule has 28 heavy (non-hydrogen) atoms. The summed E-state index contributed by atoms with van der Waals surface area (Å²) in [6.45, 7) is 14.7. The SMILES string of the molecule is C\C=C/C=C/C=C(C)/C=C/C=C(\C)C(CC1=C(C)C(=O)C(C)CC1(C)C)OC. The molecule has 0 spiro atoms. The van der Waals surface area contributed by atoms with E-state index in [2.05, 4.69) is 52.0 Å². The topological polar surface area (TPSA) is 26.3 Å². The van der Waals surface area contributed by atoms with Crippen LogP contribution in [-0.4, -0.2) is 19.0 Å². The predicted octanol–water partition coefficient (Wildman–Crippen LogP) is 6.92. The zero-order valence-electron chi connectivity index (χ0n) is 19.0. The lowest BCUT2D eigenvalue weighted by Crippen LogP contribution is -2.33. The molecule has 1 aliphatic carbocycles. The molecule has 2 nitrogen and oxygen atoms in total. The van der Waals surface area contributed by atoms with Crippen molar-refractivity contribution in [1.82, 2.24) is 0 Å². The first-order chi connectivity index (χ1) is 13.1. The molecule has 0 amide bonds. The highest BCUT2D eigenvalue weighted by Gasteiger charge is 2.37. The first kappa shape index (κ1) is 24.1. The van der Waals surface area contributed by atoms with E-state index in [0.717, 1.165) is 24.0 Å². The minimum Gasteiger partial charge on any atom is -0.377 e. The Morgan fingerprint density at radius 3 is 2.46 bits per heavy atom. The molecule has 0 N–H and O–H groups in total. The number of methoxy groups -OCH3 is 1. The molecular formula is C26H38O2. The van der Waals surface area contributed by atoms with Gasteiger partial charge in [-0.1, -0.05) is 80.5 Å². The van der Waals surface area contributed by atoms with Crippen LogP contribution in [0.15, 0.2) is 70.9 Å². The number of hydrogen-bond donors (Lipinski definition) is 0. The van der Waals surface area contributed by atoms with Crippen molar-refractivity contribution in [3.63, 3.8) is 0 Å². The zero-order valence-corrected chi connectivity index (χ0v) is 19.0. The number of Topliss-reactive ketones (excluding diaryl/α,β-unsaturated/α-hetero) is 1. The number of ketones is 1. The molecule has 154 valence electrons. The van der Waals surface area contributed by atoms with Crippen molar-refractivity contribution >= 4 is 5.78 Å². The van der Waals surface area contributed by atoms with E-state index in [-0.39, 0.29) is 23.2 Å². The molecule has 0 saturated carbocycles. The molecule has 2 unspecified atom stereocenters. The van der Waals surface area contributed by atoms with Crippen molar-refractivity contribution in [1.29, 1.82) is 0 Å². The first-order valence-corrected chi connectivity index (χ1v) is 10.2. The predicted molar refractivity (Wildman–Crippen MR) is 121 cm³/mol. The monoisotopic (exact) mass is 382 g/mol. The van der Waals surface area contributed by atoms with Crippen LogP contribution in [0, 0.1) is 11.3 Å². The highest BCUT2D eigenvalue weighted by molar-refractivity contribution is 5.98. The highest BCUT2D eigenvalue weighted by Crippen LogP contribution is 2.44. The van der Waals surface area contributed by atoms with Gasteiger partial charge in [-0.15, -0.1) is 0 Å². The molecule has 0 aliphatic heterocycles. The van der Waals surface area contributed by atoms with E-state index in [1.165, 1.54) is 11.1 Å². The van der Waals surface area contributed by atoms with E-state index in [1.807, 2.05) is 45.1 Å². The average molecular weight is 383 g/mol. The number of carbonyl (C=O) groups excluding carboxylic acids is 1. The third kappa shape index (κ3) is 6.91. The van der Waals surface area contributed by atoms with Gasteiger partial charge in [0.1, 0.15) is 0 Å². The number of ether oxygens (including phenoxy) is 1.